The second-order valence-electron chi connectivity index (χ2n) is 8.91. The Bertz CT molecular complexity index is 676. The molecule has 160 valence electrons. The second kappa shape index (κ2) is 9.30. The van der Waals surface area contributed by atoms with Gasteiger partial charge in [0.2, 0.25) is 0 Å². The zero-order chi connectivity index (χ0) is 20.2. The molecule has 3 aliphatic rings. The number of rotatable bonds is 4. The van der Waals surface area contributed by atoms with Crippen LogP contribution in [0.5, 0.6) is 0 Å². The molecule has 0 radical (unpaired) electrons. The van der Waals surface area contributed by atoms with E-state index in [1.54, 1.807) is 0 Å². The summed E-state index contributed by atoms with van der Waals surface area (Å²) in [5.41, 5.74) is 0.831. The van der Waals surface area contributed by atoms with Gasteiger partial charge in [0, 0.05) is 52.0 Å². The fourth-order valence-corrected chi connectivity index (χ4v) is 4.99. The van der Waals surface area contributed by atoms with Crippen LogP contribution < -0.4 is 10.2 Å². The van der Waals surface area contributed by atoms with Gasteiger partial charge in [0.05, 0.1) is 17.9 Å². The summed E-state index contributed by atoms with van der Waals surface area (Å²) < 4.78 is 5.85. The van der Waals surface area contributed by atoms with Crippen LogP contribution in [-0.2, 0) is 4.74 Å². The first-order valence-electron chi connectivity index (χ1n) is 11.2. The van der Waals surface area contributed by atoms with Gasteiger partial charge >= 0.3 is 6.03 Å². The van der Waals surface area contributed by atoms with Gasteiger partial charge < -0.3 is 19.9 Å². The Morgan fingerprint density at radius 1 is 1.14 bits per heavy atom. The molecule has 2 unspecified atom stereocenters. The molecule has 3 saturated heterocycles. The van der Waals surface area contributed by atoms with E-state index in [1.807, 2.05) is 23.2 Å². The van der Waals surface area contributed by atoms with Gasteiger partial charge in [0.25, 0.3) is 0 Å². The lowest BCUT2D eigenvalue weighted by molar-refractivity contribution is -0.0728. The molecule has 4 rings (SSSR count). The first-order valence-corrected chi connectivity index (χ1v) is 11.2. The number of hydrogen-bond donors (Lipinski definition) is 1. The van der Waals surface area contributed by atoms with E-state index in [9.17, 15) is 4.79 Å². The summed E-state index contributed by atoms with van der Waals surface area (Å²) >= 11 is 0. The average Bonchev–Trinajstić information content (AvgIpc) is 3.23. The van der Waals surface area contributed by atoms with Gasteiger partial charge in [0.1, 0.15) is 0 Å². The van der Waals surface area contributed by atoms with Crippen molar-refractivity contribution in [1.82, 2.24) is 14.8 Å². The highest BCUT2D eigenvalue weighted by Crippen LogP contribution is 2.27. The molecule has 3 fully saturated rings. The van der Waals surface area contributed by atoms with Crippen molar-refractivity contribution in [2.45, 2.75) is 51.7 Å². The van der Waals surface area contributed by atoms with Crippen LogP contribution in [0.25, 0.3) is 0 Å². The third-order valence-electron chi connectivity index (χ3n) is 6.35. The molecule has 0 spiro atoms. The number of carbonyl (C=O) groups excluding carboxylic acids is 1. The number of carbonyl (C=O) groups is 1. The van der Waals surface area contributed by atoms with E-state index in [1.165, 1.54) is 12.8 Å². The van der Waals surface area contributed by atoms with Crippen molar-refractivity contribution < 1.29 is 9.53 Å². The molecule has 7 heteroatoms. The van der Waals surface area contributed by atoms with Crippen LogP contribution in [0.15, 0.2) is 18.3 Å². The number of aromatic nitrogens is 1. The maximum atomic E-state index is 12.9. The van der Waals surface area contributed by atoms with Crippen LogP contribution in [0.4, 0.5) is 16.3 Å². The molecule has 2 amide bonds. The molecule has 0 bridgehead atoms. The number of piperidine rings is 1. The molecule has 3 aliphatic heterocycles. The highest BCUT2D eigenvalue weighted by atomic mass is 16.5. The molecule has 4 heterocycles. The maximum absolute atomic E-state index is 12.9. The van der Waals surface area contributed by atoms with Crippen LogP contribution in [-0.4, -0.2) is 78.8 Å². The summed E-state index contributed by atoms with van der Waals surface area (Å²) in [6, 6.07) is 3.86. The van der Waals surface area contributed by atoms with Gasteiger partial charge in [-0.15, -0.1) is 0 Å². The minimum Gasteiger partial charge on any atom is -0.373 e. The summed E-state index contributed by atoms with van der Waals surface area (Å²) in [6.07, 6.45) is 6.96. The standard InChI is InChI=1S/C22H35N5O2/c1-17-14-25(15-18(2)29-17)16-19-7-12-27(13-8-19)22(28)24-20-6-5-9-23-21(20)26-10-3-4-11-26/h5-6,9,17-19H,3-4,7-8,10-16H2,1-2H3,(H,24,28). The number of nitrogens with zero attached hydrogens (tertiary/aromatic N) is 4. The molecule has 1 aromatic heterocycles. The van der Waals surface area contributed by atoms with Crippen molar-refractivity contribution in [2.75, 3.05) is 56.0 Å². The van der Waals surface area contributed by atoms with E-state index in [0.717, 1.165) is 70.2 Å². The molecule has 0 aliphatic carbocycles. The molecular weight excluding hydrogens is 366 g/mol. The smallest absolute Gasteiger partial charge is 0.321 e. The number of nitrogens with one attached hydrogen (secondary N) is 1. The van der Waals surface area contributed by atoms with Crippen molar-refractivity contribution in [3.05, 3.63) is 18.3 Å². The van der Waals surface area contributed by atoms with Gasteiger partial charge in [-0.3, -0.25) is 4.90 Å². The van der Waals surface area contributed by atoms with E-state index in [4.69, 9.17) is 4.74 Å². The fourth-order valence-electron chi connectivity index (χ4n) is 4.99. The van der Waals surface area contributed by atoms with Crippen LogP contribution in [0.2, 0.25) is 0 Å². The monoisotopic (exact) mass is 401 g/mol. The molecule has 1 aromatic rings. The Hall–Kier alpha value is -1.86. The molecule has 29 heavy (non-hydrogen) atoms. The maximum Gasteiger partial charge on any atom is 0.321 e. The minimum atomic E-state index is 0.00511. The quantitative estimate of drug-likeness (QED) is 0.840. The van der Waals surface area contributed by atoms with Crippen molar-refractivity contribution >= 4 is 17.5 Å². The zero-order valence-corrected chi connectivity index (χ0v) is 17.8. The Balaban J connectivity index is 1.27. The van der Waals surface area contributed by atoms with Crippen LogP contribution >= 0.6 is 0 Å². The highest BCUT2D eigenvalue weighted by Gasteiger charge is 2.28. The number of anilines is 2. The van der Waals surface area contributed by atoms with Crippen LogP contribution in [0, 0.1) is 5.92 Å². The number of amides is 2. The second-order valence-corrected chi connectivity index (χ2v) is 8.91. The molecule has 7 nitrogen and oxygen atoms in total. The number of pyridine rings is 1. The van der Waals surface area contributed by atoms with Gasteiger partial charge in [-0.1, -0.05) is 0 Å². The summed E-state index contributed by atoms with van der Waals surface area (Å²) in [5, 5.41) is 3.12. The van der Waals surface area contributed by atoms with E-state index in [2.05, 4.69) is 33.9 Å². The average molecular weight is 402 g/mol. The summed E-state index contributed by atoms with van der Waals surface area (Å²) in [7, 11) is 0. The predicted molar refractivity (Wildman–Crippen MR) is 115 cm³/mol. The first kappa shape index (κ1) is 20.4. The topological polar surface area (TPSA) is 60.9 Å². The minimum absolute atomic E-state index is 0.00511. The normalized spacial score (nSPS) is 26.7. The summed E-state index contributed by atoms with van der Waals surface area (Å²) in [5.74, 6) is 1.57. The largest absolute Gasteiger partial charge is 0.373 e. The lowest BCUT2D eigenvalue weighted by atomic mass is 9.96. The molecule has 2 atom stereocenters. The summed E-state index contributed by atoms with van der Waals surface area (Å²) in [6.45, 7) is 11.2. The highest BCUT2D eigenvalue weighted by molar-refractivity contribution is 5.92. The number of urea groups is 1. The van der Waals surface area contributed by atoms with Gasteiger partial charge in [-0.2, -0.15) is 0 Å². The zero-order valence-electron chi connectivity index (χ0n) is 17.8. The summed E-state index contributed by atoms with van der Waals surface area (Å²) in [4.78, 5) is 24.2. The van der Waals surface area contributed by atoms with Crippen molar-refractivity contribution in [3.8, 4) is 0 Å². The molecule has 1 N–H and O–H groups in total. The third-order valence-corrected chi connectivity index (χ3v) is 6.35. The number of hydrogen-bond acceptors (Lipinski definition) is 5. The van der Waals surface area contributed by atoms with Crippen LogP contribution in [0.1, 0.15) is 39.5 Å². The van der Waals surface area contributed by atoms with Crippen molar-refractivity contribution in [2.24, 2.45) is 5.92 Å². The van der Waals surface area contributed by atoms with E-state index >= 15 is 0 Å². The predicted octanol–water partition coefficient (Wildman–Crippen LogP) is 3.03. The van der Waals surface area contributed by atoms with E-state index < -0.39 is 0 Å². The van der Waals surface area contributed by atoms with Crippen molar-refractivity contribution in [3.63, 3.8) is 0 Å². The number of morpholine rings is 1. The number of ether oxygens (including phenoxy) is 1. The Kier molecular flexibility index (Phi) is 6.55. The number of likely N-dealkylation sites (tertiary alicyclic amines) is 1. The first-order chi connectivity index (χ1) is 14.1. The molecule has 0 saturated carbocycles. The van der Waals surface area contributed by atoms with Gasteiger partial charge in [-0.25, -0.2) is 9.78 Å². The fraction of sp³-hybridized carbons (Fsp3) is 0.727. The lowest BCUT2D eigenvalue weighted by Gasteiger charge is -2.39. The Morgan fingerprint density at radius 3 is 2.52 bits per heavy atom. The van der Waals surface area contributed by atoms with Gasteiger partial charge in [-0.05, 0) is 57.6 Å². The van der Waals surface area contributed by atoms with Gasteiger partial charge in [0.15, 0.2) is 5.82 Å². The molecular formula is C22H35N5O2. The third kappa shape index (κ3) is 5.20. The van der Waals surface area contributed by atoms with Crippen LogP contribution in [0.3, 0.4) is 0 Å². The lowest BCUT2D eigenvalue weighted by Crippen LogP contribution is -2.49. The van der Waals surface area contributed by atoms with Crippen molar-refractivity contribution in [1.29, 1.82) is 0 Å². The molecule has 0 aromatic carbocycles. The Morgan fingerprint density at radius 2 is 1.83 bits per heavy atom. The Labute approximate surface area is 174 Å². The van der Waals surface area contributed by atoms with E-state index in [0.29, 0.717) is 18.1 Å². The SMILES string of the molecule is CC1CN(CC2CCN(C(=O)Nc3cccnc3N3CCCC3)CC2)CC(C)O1. The van der Waals surface area contributed by atoms with E-state index in [-0.39, 0.29) is 6.03 Å².